The maximum absolute atomic E-state index is 15.4. The maximum Gasteiger partial charge on any atom is 0.341 e. The first-order chi connectivity index (χ1) is 15.9. The first-order valence-corrected chi connectivity index (χ1v) is 11.0. The second-order valence-electron chi connectivity index (χ2n) is 7.80. The van der Waals surface area contributed by atoms with Crippen molar-refractivity contribution < 1.29 is 33.2 Å². The number of carboxylic acids is 1. The highest BCUT2D eigenvalue weighted by Gasteiger charge is 2.37. The molecule has 1 aromatic heterocycles. The average Bonchev–Trinajstić information content (AvgIpc) is 2.81. The molecule has 0 fully saturated rings. The van der Waals surface area contributed by atoms with Crippen LogP contribution in [0.2, 0.25) is 0 Å². The molecule has 0 aliphatic carbocycles. The number of fused-ring (bicyclic) bond motifs is 3. The topological polar surface area (TPSA) is 96.2 Å². The Kier molecular flexibility index (Phi) is 8.10. The molecule has 180 valence electrons. The van der Waals surface area contributed by atoms with Crippen LogP contribution < -0.4 is 14.9 Å². The van der Waals surface area contributed by atoms with Crippen LogP contribution in [0.5, 0.6) is 11.5 Å². The third-order valence-corrected chi connectivity index (χ3v) is 5.68. The summed E-state index contributed by atoms with van der Waals surface area (Å²) < 4.78 is 39.5. The summed E-state index contributed by atoms with van der Waals surface area (Å²) in [7, 11) is 3.09. The van der Waals surface area contributed by atoms with Gasteiger partial charge in [0.25, 0.3) is 0 Å². The van der Waals surface area contributed by atoms with E-state index < -0.39 is 34.9 Å². The summed E-state index contributed by atoms with van der Waals surface area (Å²) in [6.07, 6.45) is 2.69. The molecule has 8 nitrogen and oxygen atoms in total. The highest BCUT2D eigenvalue weighted by atomic mass is 19.1. The van der Waals surface area contributed by atoms with Crippen LogP contribution in [0, 0.1) is 5.82 Å². The van der Waals surface area contributed by atoms with Crippen molar-refractivity contribution in [3.05, 3.63) is 45.5 Å². The molecule has 0 saturated carbocycles. The molecule has 0 saturated heterocycles. The SMILES string of the molecule is CCCO[C@H]1c2cc(OCCCOC)c(OC)cc2-c2c(F)c(=O)c(C(=O)O)cn2[C@H]1CC. The fourth-order valence-corrected chi connectivity index (χ4v) is 4.16. The van der Waals surface area contributed by atoms with E-state index in [0.717, 1.165) is 6.42 Å². The van der Waals surface area contributed by atoms with Crippen molar-refractivity contribution in [2.24, 2.45) is 0 Å². The van der Waals surface area contributed by atoms with Crippen molar-refractivity contribution in [2.75, 3.05) is 34.0 Å². The standard InChI is InChI=1S/C24H30FNO7/c1-5-8-33-23-15-12-19(32-10-7-9-30-3)18(31-4)11-14(15)21-20(25)22(27)16(24(28)29)13-26(21)17(23)6-2/h11-13,17,23H,5-10H2,1-4H3,(H,28,29)/t17-,23-/m0/s1. The number of ether oxygens (including phenoxy) is 4. The van der Waals surface area contributed by atoms with E-state index in [1.165, 1.54) is 17.9 Å². The summed E-state index contributed by atoms with van der Waals surface area (Å²) in [6.45, 7) is 5.29. The van der Waals surface area contributed by atoms with Gasteiger partial charge in [0.15, 0.2) is 17.3 Å². The number of aromatic carboxylic acids is 1. The normalized spacial score (nSPS) is 16.8. The summed E-state index contributed by atoms with van der Waals surface area (Å²) >= 11 is 0. The van der Waals surface area contributed by atoms with Gasteiger partial charge in [0.05, 0.1) is 25.5 Å². The second-order valence-corrected chi connectivity index (χ2v) is 7.80. The molecule has 2 atom stereocenters. The van der Waals surface area contributed by atoms with Gasteiger partial charge in [-0.1, -0.05) is 13.8 Å². The quantitative estimate of drug-likeness (QED) is 0.499. The highest BCUT2D eigenvalue weighted by molar-refractivity contribution is 5.88. The van der Waals surface area contributed by atoms with Crippen molar-refractivity contribution >= 4 is 5.97 Å². The van der Waals surface area contributed by atoms with Crippen molar-refractivity contribution in [1.82, 2.24) is 4.57 Å². The van der Waals surface area contributed by atoms with Crippen molar-refractivity contribution in [3.8, 4) is 22.8 Å². The largest absolute Gasteiger partial charge is 0.493 e. The molecule has 1 aromatic carbocycles. The number of benzene rings is 1. The zero-order valence-electron chi connectivity index (χ0n) is 19.4. The number of hydrogen-bond donors (Lipinski definition) is 1. The van der Waals surface area contributed by atoms with Gasteiger partial charge in [-0.3, -0.25) is 4.79 Å². The van der Waals surface area contributed by atoms with Gasteiger partial charge < -0.3 is 28.6 Å². The lowest BCUT2D eigenvalue weighted by atomic mass is 9.87. The Morgan fingerprint density at radius 1 is 1.15 bits per heavy atom. The molecule has 2 heterocycles. The van der Waals surface area contributed by atoms with Gasteiger partial charge in [-0.05, 0) is 30.5 Å². The number of aromatic nitrogens is 1. The van der Waals surface area contributed by atoms with Crippen LogP contribution in [0.3, 0.4) is 0 Å². The predicted molar refractivity (Wildman–Crippen MR) is 120 cm³/mol. The monoisotopic (exact) mass is 463 g/mol. The summed E-state index contributed by atoms with van der Waals surface area (Å²) in [5.74, 6) is -1.74. The lowest BCUT2D eigenvalue weighted by molar-refractivity contribution is 0.0111. The molecular weight excluding hydrogens is 433 g/mol. The Labute approximate surface area is 191 Å². The lowest BCUT2D eigenvalue weighted by Gasteiger charge is -2.37. The number of carboxylic acid groups (broad SMARTS) is 1. The van der Waals surface area contributed by atoms with Crippen LogP contribution in [0.1, 0.15) is 61.2 Å². The molecule has 9 heteroatoms. The molecule has 0 spiro atoms. The minimum Gasteiger partial charge on any atom is -0.493 e. The Balaban J connectivity index is 2.24. The van der Waals surface area contributed by atoms with Crippen LogP contribution in [0.25, 0.3) is 11.3 Å². The molecule has 2 aromatic rings. The number of hydrogen-bond acceptors (Lipinski definition) is 6. The third-order valence-electron chi connectivity index (χ3n) is 5.68. The van der Waals surface area contributed by atoms with Gasteiger partial charge in [-0.2, -0.15) is 0 Å². The van der Waals surface area contributed by atoms with E-state index in [-0.39, 0.29) is 5.69 Å². The van der Waals surface area contributed by atoms with Crippen LogP contribution in [-0.2, 0) is 9.47 Å². The van der Waals surface area contributed by atoms with Crippen LogP contribution in [0.15, 0.2) is 23.1 Å². The van der Waals surface area contributed by atoms with E-state index >= 15 is 4.39 Å². The average molecular weight is 464 g/mol. The summed E-state index contributed by atoms with van der Waals surface area (Å²) in [6, 6.07) is 2.97. The maximum atomic E-state index is 15.4. The van der Waals surface area contributed by atoms with E-state index in [1.54, 1.807) is 19.2 Å². The number of pyridine rings is 1. The first-order valence-electron chi connectivity index (χ1n) is 11.0. The minimum absolute atomic E-state index is 0.0208. The Hall–Kier alpha value is -2.91. The second kappa shape index (κ2) is 10.8. The van der Waals surface area contributed by atoms with Gasteiger partial charge in [-0.15, -0.1) is 0 Å². The van der Waals surface area contributed by atoms with E-state index in [4.69, 9.17) is 18.9 Å². The number of methoxy groups -OCH3 is 2. The van der Waals surface area contributed by atoms with Crippen molar-refractivity contribution in [3.63, 3.8) is 0 Å². The van der Waals surface area contributed by atoms with E-state index in [1.807, 2.05) is 13.8 Å². The molecule has 1 aliphatic heterocycles. The first kappa shape index (κ1) is 24.7. The molecule has 33 heavy (non-hydrogen) atoms. The van der Waals surface area contributed by atoms with Gasteiger partial charge in [-0.25, -0.2) is 9.18 Å². The molecule has 0 radical (unpaired) electrons. The number of rotatable bonds is 11. The van der Waals surface area contributed by atoms with Crippen molar-refractivity contribution in [1.29, 1.82) is 0 Å². The number of carbonyl (C=O) groups is 1. The Morgan fingerprint density at radius 3 is 2.52 bits per heavy atom. The fraction of sp³-hybridized carbons (Fsp3) is 0.500. The highest BCUT2D eigenvalue weighted by Crippen LogP contribution is 2.48. The number of nitrogens with zero attached hydrogens (tertiary/aromatic N) is 1. The zero-order valence-corrected chi connectivity index (χ0v) is 19.4. The molecule has 0 amide bonds. The van der Waals surface area contributed by atoms with Crippen LogP contribution in [-0.4, -0.2) is 49.7 Å². The van der Waals surface area contributed by atoms with Crippen molar-refractivity contribution in [2.45, 2.75) is 45.3 Å². The van der Waals surface area contributed by atoms with E-state index in [9.17, 15) is 14.7 Å². The molecule has 0 bridgehead atoms. The van der Waals surface area contributed by atoms with Gasteiger partial charge in [0, 0.05) is 38.5 Å². The van der Waals surface area contributed by atoms with Crippen LogP contribution >= 0.6 is 0 Å². The molecule has 0 unspecified atom stereocenters. The summed E-state index contributed by atoms with van der Waals surface area (Å²) in [5.41, 5.74) is -0.668. The lowest BCUT2D eigenvalue weighted by Crippen LogP contribution is -2.32. The summed E-state index contributed by atoms with van der Waals surface area (Å²) in [5, 5.41) is 9.44. The number of halogens is 1. The van der Waals surface area contributed by atoms with E-state index in [2.05, 4.69) is 0 Å². The molecule has 1 aliphatic rings. The van der Waals surface area contributed by atoms with Gasteiger partial charge in [0.2, 0.25) is 5.43 Å². The molecule has 1 N–H and O–H groups in total. The molecular formula is C24H30FNO7. The third kappa shape index (κ3) is 4.74. The molecule has 3 rings (SSSR count). The van der Waals surface area contributed by atoms with E-state index in [0.29, 0.717) is 55.3 Å². The Morgan fingerprint density at radius 2 is 1.91 bits per heavy atom. The Bertz CT molecular complexity index is 1070. The minimum atomic E-state index is -1.47. The predicted octanol–water partition coefficient (Wildman–Crippen LogP) is 4.21. The van der Waals surface area contributed by atoms with Gasteiger partial charge >= 0.3 is 5.97 Å². The smallest absolute Gasteiger partial charge is 0.341 e. The van der Waals surface area contributed by atoms with Crippen LogP contribution in [0.4, 0.5) is 4.39 Å². The zero-order chi connectivity index (χ0) is 24.1. The summed E-state index contributed by atoms with van der Waals surface area (Å²) in [4.78, 5) is 24.1. The van der Waals surface area contributed by atoms with Gasteiger partial charge in [0.1, 0.15) is 11.7 Å². The fourth-order valence-electron chi connectivity index (χ4n) is 4.16.